The van der Waals surface area contributed by atoms with Crippen LogP contribution in [0.15, 0.2) is 18.2 Å². The normalized spacial score (nSPS) is 11.9. The van der Waals surface area contributed by atoms with Crippen molar-refractivity contribution in [2.24, 2.45) is 0 Å². The summed E-state index contributed by atoms with van der Waals surface area (Å²) in [5, 5.41) is 2.99. The fourth-order valence-corrected chi connectivity index (χ4v) is 3.88. The molecule has 8 nitrogen and oxygen atoms in total. The third-order valence-corrected chi connectivity index (χ3v) is 5.28. The summed E-state index contributed by atoms with van der Waals surface area (Å²) in [6, 6.07) is 4.80. The molecule has 2 heterocycles. The molecule has 0 aliphatic carbocycles. The van der Waals surface area contributed by atoms with Gasteiger partial charge < -0.3 is 24.4 Å². The molecule has 0 spiro atoms. The minimum Gasteiger partial charge on any atom is -0.462 e. The molecule has 0 radical (unpaired) electrons. The molecule has 0 fully saturated rings. The highest BCUT2D eigenvalue weighted by Gasteiger charge is 2.28. The van der Waals surface area contributed by atoms with E-state index in [2.05, 4.69) is 5.32 Å². The quantitative estimate of drug-likeness (QED) is 0.770. The second-order valence-electron chi connectivity index (χ2n) is 6.20. The highest BCUT2D eigenvalue weighted by atomic mass is 32.1. The fourth-order valence-electron chi connectivity index (χ4n) is 2.67. The number of carbonyl (C=O) groups is 3. The van der Waals surface area contributed by atoms with Gasteiger partial charge in [0.1, 0.15) is 5.00 Å². The molecule has 0 saturated heterocycles. The number of thiophene rings is 1. The summed E-state index contributed by atoms with van der Waals surface area (Å²) in [5.41, 5.74) is 1.000. The molecule has 0 atom stereocenters. The lowest BCUT2D eigenvalue weighted by atomic mass is 10.1. The van der Waals surface area contributed by atoms with E-state index in [0.717, 1.165) is 11.3 Å². The Labute approximate surface area is 166 Å². The molecule has 148 valence electrons. The van der Waals surface area contributed by atoms with Gasteiger partial charge in [0.05, 0.1) is 17.0 Å². The van der Waals surface area contributed by atoms with Gasteiger partial charge in [-0.15, -0.1) is 11.3 Å². The first kappa shape index (κ1) is 19.7. The maximum Gasteiger partial charge on any atom is 0.341 e. The number of benzene rings is 1. The monoisotopic (exact) mass is 404 g/mol. The van der Waals surface area contributed by atoms with Crippen molar-refractivity contribution in [2.45, 2.75) is 13.8 Å². The standard InChI is InChI=1S/C19H20N2O6S/c1-5-25-19(24)14-10(2)15(18(23)21(3)4)28-17(14)20-16(22)11-6-7-12-13(8-11)27-9-26-12/h6-8H,5,9H2,1-4H3,(H,20,22). The Hall–Kier alpha value is -3.07. The van der Waals surface area contributed by atoms with Crippen molar-refractivity contribution in [1.82, 2.24) is 4.90 Å². The van der Waals surface area contributed by atoms with E-state index in [-0.39, 0.29) is 29.9 Å². The summed E-state index contributed by atoms with van der Waals surface area (Å²) in [5.74, 6) is -0.237. The number of anilines is 1. The van der Waals surface area contributed by atoms with E-state index in [1.807, 2.05) is 0 Å². The number of rotatable bonds is 5. The average molecular weight is 404 g/mol. The number of hydrogen-bond acceptors (Lipinski definition) is 7. The van der Waals surface area contributed by atoms with E-state index >= 15 is 0 Å². The van der Waals surface area contributed by atoms with Crippen molar-refractivity contribution >= 4 is 34.1 Å². The van der Waals surface area contributed by atoms with Gasteiger partial charge >= 0.3 is 5.97 Å². The molecule has 1 aliphatic rings. The van der Waals surface area contributed by atoms with E-state index in [0.29, 0.717) is 27.5 Å². The number of nitrogens with one attached hydrogen (secondary N) is 1. The zero-order valence-corrected chi connectivity index (χ0v) is 16.8. The van der Waals surface area contributed by atoms with Crippen molar-refractivity contribution < 1.29 is 28.6 Å². The molecule has 0 saturated carbocycles. The lowest BCUT2D eigenvalue weighted by Crippen LogP contribution is -2.21. The molecule has 28 heavy (non-hydrogen) atoms. The van der Waals surface area contributed by atoms with Crippen molar-refractivity contribution in [3.63, 3.8) is 0 Å². The molecule has 3 rings (SSSR count). The topological polar surface area (TPSA) is 94.2 Å². The Bertz CT molecular complexity index is 950. The van der Waals surface area contributed by atoms with Crippen LogP contribution in [0, 0.1) is 6.92 Å². The van der Waals surface area contributed by atoms with Crippen molar-refractivity contribution in [3.05, 3.63) is 39.8 Å². The van der Waals surface area contributed by atoms with E-state index in [9.17, 15) is 14.4 Å². The molecule has 1 aromatic carbocycles. The predicted molar refractivity (Wildman–Crippen MR) is 104 cm³/mol. The fraction of sp³-hybridized carbons (Fsp3) is 0.316. The van der Waals surface area contributed by atoms with E-state index in [1.165, 1.54) is 4.90 Å². The molecule has 0 unspecified atom stereocenters. The first-order chi connectivity index (χ1) is 13.3. The van der Waals surface area contributed by atoms with Crippen LogP contribution in [0.25, 0.3) is 0 Å². The number of amides is 2. The Kier molecular flexibility index (Phi) is 5.55. The van der Waals surface area contributed by atoms with Crippen LogP contribution in [0.5, 0.6) is 11.5 Å². The van der Waals surface area contributed by atoms with E-state index in [4.69, 9.17) is 14.2 Å². The molecule has 9 heteroatoms. The van der Waals surface area contributed by atoms with Crippen LogP contribution >= 0.6 is 11.3 Å². The summed E-state index contributed by atoms with van der Waals surface area (Å²) in [6.07, 6.45) is 0. The van der Waals surface area contributed by atoms with E-state index < -0.39 is 11.9 Å². The number of carbonyl (C=O) groups excluding carboxylic acids is 3. The Morgan fingerprint density at radius 2 is 1.93 bits per heavy atom. The van der Waals surface area contributed by atoms with Crippen molar-refractivity contribution in [3.8, 4) is 11.5 Å². The van der Waals surface area contributed by atoms with Gasteiger partial charge in [0.25, 0.3) is 11.8 Å². The first-order valence-corrected chi connectivity index (χ1v) is 9.38. The van der Waals surface area contributed by atoms with Crippen LogP contribution in [-0.2, 0) is 4.74 Å². The van der Waals surface area contributed by atoms with Crippen LogP contribution in [0.3, 0.4) is 0 Å². The largest absolute Gasteiger partial charge is 0.462 e. The van der Waals surface area contributed by atoms with E-state index in [1.54, 1.807) is 46.1 Å². The van der Waals surface area contributed by atoms with Gasteiger partial charge in [-0.25, -0.2) is 4.79 Å². The zero-order chi connectivity index (χ0) is 20.4. The first-order valence-electron chi connectivity index (χ1n) is 8.56. The number of ether oxygens (including phenoxy) is 3. The van der Waals surface area contributed by atoms with Crippen molar-refractivity contribution in [2.75, 3.05) is 32.8 Å². The summed E-state index contributed by atoms with van der Waals surface area (Å²) < 4.78 is 15.6. The highest BCUT2D eigenvalue weighted by molar-refractivity contribution is 7.18. The minimum atomic E-state index is -0.588. The number of fused-ring (bicyclic) bond motifs is 1. The Morgan fingerprint density at radius 1 is 1.21 bits per heavy atom. The average Bonchev–Trinajstić information content (AvgIpc) is 3.24. The summed E-state index contributed by atoms with van der Waals surface area (Å²) in [4.78, 5) is 39.4. The molecular formula is C19H20N2O6S. The molecule has 0 bridgehead atoms. The Balaban J connectivity index is 1.95. The van der Waals surface area contributed by atoms with Gasteiger partial charge in [0, 0.05) is 19.7 Å². The summed E-state index contributed by atoms with van der Waals surface area (Å²) in [6.45, 7) is 3.64. The van der Waals surface area contributed by atoms with Gasteiger partial charge in [-0.1, -0.05) is 0 Å². The highest BCUT2D eigenvalue weighted by Crippen LogP contribution is 2.36. The van der Waals surface area contributed by atoms with Crippen LogP contribution in [-0.4, -0.2) is 50.2 Å². The van der Waals surface area contributed by atoms with Crippen LogP contribution in [0.4, 0.5) is 5.00 Å². The second kappa shape index (κ2) is 7.89. The number of hydrogen-bond donors (Lipinski definition) is 1. The van der Waals surface area contributed by atoms with Crippen LogP contribution in [0.1, 0.15) is 42.9 Å². The number of nitrogens with zero attached hydrogens (tertiary/aromatic N) is 1. The SMILES string of the molecule is CCOC(=O)c1c(NC(=O)c2ccc3c(c2)OCO3)sc(C(=O)N(C)C)c1C. The van der Waals surface area contributed by atoms with Crippen molar-refractivity contribution in [1.29, 1.82) is 0 Å². The number of esters is 1. The smallest absolute Gasteiger partial charge is 0.341 e. The van der Waals surface area contributed by atoms with Gasteiger partial charge in [-0.2, -0.15) is 0 Å². The van der Waals surface area contributed by atoms with Gasteiger partial charge in [-0.3, -0.25) is 9.59 Å². The molecular weight excluding hydrogens is 384 g/mol. The predicted octanol–water partition coefficient (Wildman–Crippen LogP) is 2.92. The molecule has 1 aliphatic heterocycles. The summed E-state index contributed by atoms with van der Waals surface area (Å²) >= 11 is 1.05. The lowest BCUT2D eigenvalue weighted by molar-refractivity contribution is 0.0527. The van der Waals surface area contributed by atoms with Gasteiger partial charge in [0.2, 0.25) is 6.79 Å². The van der Waals surface area contributed by atoms with Gasteiger partial charge in [0.15, 0.2) is 11.5 Å². The molecule has 2 aromatic rings. The maximum atomic E-state index is 12.7. The summed E-state index contributed by atoms with van der Waals surface area (Å²) in [7, 11) is 3.24. The minimum absolute atomic E-state index is 0.105. The van der Waals surface area contributed by atoms with Gasteiger partial charge in [-0.05, 0) is 37.6 Å². The third-order valence-electron chi connectivity index (χ3n) is 4.09. The Morgan fingerprint density at radius 3 is 2.61 bits per heavy atom. The molecule has 1 N–H and O–H groups in total. The third kappa shape index (κ3) is 3.65. The van der Waals surface area contributed by atoms with Crippen LogP contribution in [0.2, 0.25) is 0 Å². The lowest BCUT2D eigenvalue weighted by Gasteiger charge is -2.09. The zero-order valence-electron chi connectivity index (χ0n) is 16.0. The second-order valence-corrected chi connectivity index (χ2v) is 7.22. The molecule has 1 aromatic heterocycles. The van der Waals surface area contributed by atoms with Crippen LogP contribution < -0.4 is 14.8 Å². The maximum absolute atomic E-state index is 12.7. The molecule has 2 amide bonds.